The van der Waals surface area contributed by atoms with Gasteiger partial charge >= 0.3 is 0 Å². The zero-order valence-electron chi connectivity index (χ0n) is 15.5. The molecule has 0 aromatic heterocycles. The van der Waals surface area contributed by atoms with Gasteiger partial charge in [0.05, 0.1) is 6.07 Å². The van der Waals surface area contributed by atoms with Gasteiger partial charge in [0, 0.05) is 18.8 Å². The van der Waals surface area contributed by atoms with Crippen LogP contribution in [0.2, 0.25) is 0 Å². The molecule has 0 bridgehead atoms. The van der Waals surface area contributed by atoms with Crippen LogP contribution in [-0.4, -0.2) is 11.6 Å². The first-order chi connectivity index (χ1) is 11.9. The fourth-order valence-electron chi connectivity index (χ4n) is 7.47. The summed E-state index contributed by atoms with van der Waals surface area (Å²) in [5.74, 6) is 2.47. The van der Waals surface area contributed by atoms with E-state index < -0.39 is 0 Å². The Labute approximate surface area is 150 Å². The number of nitrogens with zero attached hydrogens (tertiary/aromatic N) is 1. The van der Waals surface area contributed by atoms with E-state index in [4.69, 9.17) is 0 Å². The summed E-state index contributed by atoms with van der Waals surface area (Å²) >= 11 is 0. The fraction of sp³-hybridized carbons (Fsp3) is 0.773. The second-order valence-corrected chi connectivity index (χ2v) is 9.32. The maximum absolute atomic E-state index is 12.3. The van der Waals surface area contributed by atoms with Crippen molar-refractivity contribution in [1.29, 1.82) is 5.26 Å². The SMILES string of the molecule is CC(=O)[C@H]1CC[C@H]2[C@@H]3CCC4=CC(=O)CC[C@@]4(C)[C@@H]3CCC12CC#N. The summed E-state index contributed by atoms with van der Waals surface area (Å²) in [5.41, 5.74) is 1.49. The number of nitriles is 1. The first-order valence-corrected chi connectivity index (χ1v) is 10.0. The summed E-state index contributed by atoms with van der Waals surface area (Å²) in [6.07, 6.45) is 10.6. The van der Waals surface area contributed by atoms with Crippen molar-refractivity contribution < 1.29 is 9.59 Å². The number of fused-ring (bicyclic) bond motifs is 5. The highest BCUT2D eigenvalue weighted by molar-refractivity contribution is 5.91. The molecular weight excluding hydrogens is 310 g/mol. The van der Waals surface area contributed by atoms with Crippen molar-refractivity contribution in [2.45, 2.75) is 71.6 Å². The van der Waals surface area contributed by atoms with Crippen molar-refractivity contribution in [3.63, 3.8) is 0 Å². The van der Waals surface area contributed by atoms with E-state index >= 15 is 0 Å². The minimum atomic E-state index is -0.0657. The van der Waals surface area contributed by atoms with Crippen molar-refractivity contribution in [2.24, 2.45) is 34.5 Å². The second kappa shape index (κ2) is 5.79. The highest BCUT2D eigenvalue weighted by Gasteiger charge is 2.61. The fourth-order valence-corrected chi connectivity index (χ4v) is 7.47. The molecule has 134 valence electrons. The Morgan fingerprint density at radius 1 is 1.20 bits per heavy atom. The second-order valence-electron chi connectivity index (χ2n) is 9.32. The number of allylic oxidation sites excluding steroid dienone is 1. The average molecular weight is 339 g/mol. The zero-order chi connectivity index (χ0) is 17.8. The van der Waals surface area contributed by atoms with Crippen LogP contribution in [0.25, 0.3) is 0 Å². The van der Waals surface area contributed by atoms with Gasteiger partial charge in [-0.05, 0) is 86.5 Å². The normalized spacial score (nSPS) is 45.6. The highest BCUT2D eigenvalue weighted by Crippen LogP contribution is 2.67. The van der Waals surface area contributed by atoms with Crippen LogP contribution in [-0.2, 0) is 9.59 Å². The van der Waals surface area contributed by atoms with Crippen molar-refractivity contribution in [3.8, 4) is 6.07 Å². The number of hydrogen-bond donors (Lipinski definition) is 0. The van der Waals surface area contributed by atoms with Crippen LogP contribution in [0.4, 0.5) is 0 Å². The number of carbonyl (C=O) groups is 2. The summed E-state index contributed by atoms with van der Waals surface area (Å²) in [6, 6.07) is 2.44. The summed E-state index contributed by atoms with van der Waals surface area (Å²) in [4.78, 5) is 24.2. The van der Waals surface area contributed by atoms with Gasteiger partial charge in [-0.3, -0.25) is 9.59 Å². The molecule has 6 atom stereocenters. The molecule has 0 aromatic carbocycles. The first-order valence-electron chi connectivity index (χ1n) is 10.0. The predicted octanol–water partition coefficient (Wildman–Crippen LogP) is 4.62. The lowest BCUT2D eigenvalue weighted by atomic mass is 9.46. The number of ketones is 2. The predicted molar refractivity (Wildman–Crippen MR) is 95.4 cm³/mol. The molecule has 0 amide bonds. The van der Waals surface area contributed by atoms with Crippen LogP contribution in [0.3, 0.4) is 0 Å². The summed E-state index contributed by atoms with van der Waals surface area (Å²) in [7, 11) is 0. The molecule has 4 rings (SSSR count). The quantitative estimate of drug-likeness (QED) is 0.737. The minimum Gasteiger partial charge on any atom is -0.300 e. The van der Waals surface area contributed by atoms with Crippen molar-refractivity contribution >= 4 is 11.6 Å². The maximum Gasteiger partial charge on any atom is 0.155 e. The van der Waals surface area contributed by atoms with E-state index in [0.717, 1.165) is 44.9 Å². The Morgan fingerprint density at radius 2 is 2.00 bits per heavy atom. The third-order valence-electron chi connectivity index (χ3n) is 8.58. The lowest BCUT2D eigenvalue weighted by molar-refractivity contribution is -0.129. The van der Waals surface area contributed by atoms with Crippen LogP contribution in [0.15, 0.2) is 11.6 Å². The molecule has 1 unspecified atom stereocenters. The molecule has 0 radical (unpaired) electrons. The molecule has 0 aromatic rings. The lowest BCUT2D eigenvalue weighted by Gasteiger charge is -2.58. The Kier molecular flexibility index (Phi) is 3.94. The Bertz CT molecular complexity index is 687. The van der Waals surface area contributed by atoms with E-state index in [1.165, 1.54) is 5.57 Å². The van der Waals surface area contributed by atoms with E-state index in [1.54, 1.807) is 6.92 Å². The smallest absolute Gasteiger partial charge is 0.155 e. The minimum absolute atomic E-state index is 0.0657. The zero-order valence-corrected chi connectivity index (χ0v) is 15.5. The molecule has 0 saturated heterocycles. The Morgan fingerprint density at radius 3 is 2.72 bits per heavy atom. The summed E-state index contributed by atoms with van der Waals surface area (Å²) < 4.78 is 0. The van der Waals surface area contributed by atoms with E-state index in [2.05, 4.69) is 13.0 Å². The highest BCUT2D eigenvalue weighted by atomic mass is 16.1. The van der Waals surface area contributed by atoms with Crippen LogP contribution < -0.4 is 0 Å². The molecule has 0 spiro atoms. The monoisotopic (exact) mass is 339 g/mol. The van der Waals surface area contributed by atoms with Crippen molar-refractivity contribution in [1.82, 2.24) is 0 Å². The molecule has 0 heterocycles. The van der Waals surface area contributed by atoms with Gasteiger partial charge < -0.3 is 0 Å². The van der Waals surface area contributed by atoms with Gasteiger partial charge in [0.2, 0.25) is 0 Å². The molecule has 4 aliphatic rings. The van der Waals surface area contributed by atoms with E-state index in [1.807, 2.05) is 6.08 Å². The van der Waals surface area contributed by atoms with Crippen molar-refractivity contribution in [3.05, 3.63) is 11.6 Å². The molecule has 3 heteroatoms. The topological polar surface area (TPSA) is 57.9 Å². The summed E-state index contributed by atoms with van der Waals surface area (Å²) in [6.45, 7) is 4.12. The van der Waals surface area contributed by atoms with Gasteiger partial charge in [-0.2, -0.15) is 5.26 Å². The summed E-state index contributed by atoms with van der Waals surface area (Å²) in [5, 5.41) is 9.52. The molecule has 0 aliphatic heterocycles. The van der Waals surface area contributed by atoms with Crippen LogP contribution in [0.5, 0.6) is 0 Å². The number of carbonyl (C=O) groups excluding carboxylic acids is 2. The third-order valence-corrected chi connectivity index (χ3v) is 8.58. The molecular formula is C22H29NO2. The van der Waals surface area contributed by atoms with Gasteiger partial charge in [-0.25, -0.2) is 0 Å². The van der Waals surface area contributed by atoms with Gasteiger partial charge in [0.1, 0.15) is 5.78 Å². The lowest BCUT2D eigenvalue weighted by Crippen LogP contribution is -2.51. The standard InChI is InChI=1S/C22H29NO2/c1-14(24)18-5-6-20-17-4-3-15-13-16(25)7-9-21(15,2)19(17)8-10-22(18,20)11-12-23/h13,17-20H,3-11H2,1-2H3/t17-,18-,19-,20+,21-,22?/m1/s1. The number of rotatable bonds is 2. The Balaban J connectivity index is 1.70. The molecule has 4 aliphatic carbocycles. The van der Waals surface area contributed by atoms with Gasteiger partial charge in [-0.15, -0.1) is 0 Å². The first kappa shape index (κ1) is 17.0. The Hall–Kier alpha value is -1.43. The molecule has 25 heavy (non-hydrogen) atoms. The number of Topliss-reactive ketones (excluding diaryl/α,β-unsaturated/α-hetero) is 1. The van der Waals surface area contributed by atoms with E-state index in [0.29, 0.717) is 42.2 Å². The maximum atomic E-state index is 12.3. The van der Waals surface area contributed by atoms with Gasteiger partial charge in [0.25, 0.3) is 0 Å². The van der Waals surface area contributed by atoms with Gasteiger partial charge in [-0.1, -0.05) is 12.5 Å². The van der Waals surface area contributed by atoms with Gasteiger partial charge in [0.15, 0.2) is 5.78 Å². The number of hydrogen-bond acceptors (Lipinski definition) is 3. The third kappa shape index (κ3) is 2.29. The molecule has 3 saturated carbocycles. The van der Waals surface area contributed by atoms with Crippen LogP contribution >= 0.6 is 0 Å². The van der Waals surface area contributed by atoms with E-state index in [-0.39, 0.29) is 16.7 Å². The molecule has 0 N–H and O–H groups in total. The van der Waals surface area contributed by atoms with Crippen LogP contribution in [0.1, 0.15) is 71.6 Å². The van der Waals surface area contributed by atoms with E-state index in [9.17, 15) is 14.9 Å². The largest absolute Gasteiger partial charge is 0.300 e. The molecule has 3 fully saturated rings. The molecule has 3 nitrogen and oxygen atoms in total. The van der Waals surface area contributed by atoms with Crippen LogP contribution in [0, 0.1) is 45.8 Å². The van der Waals surface area contributed by atoms with Crippen molar-refractivity contribution in [2.75, 3.05) is 0 Å². The average Bonchev–Trinajstić information content (AvgIpc) is 2.95.